The van der Waals surface area contributed by atoms with Gasteiger partial charge in [0.15, 0.2) is 11.5 Å². The number of hydrogen-bond acceptors (Lipinski definition) is 4. The van der Waals surface area contributed by atoms with Crippen molar-refractivity contribution < 1.29 is 28.2 Å². The number of aliphatic hydroxyl groups is 1. The highest BCUT2D eigenvalue weighted by Gasteiger charge is 2.11. The summed E-state index contributed by atoms with van der Waals surface area (Å²) in [4.78, 5) is 11.5. The number of ether oxygens (including phenoxy) is 2. The topological polar surface area (TPSA) is 67.8 Å². The van der Waals surface area contributed by atoms with Crippen LogP contribution in [0.2, 0.25) is 0 Å². The second kappa shape index (κ2) is 8.99. The summed E-state index contributed by atoms with van der Waals surface area (Å²) >= 11 is 0. The van der Waals surface area contributed by atoms with Crippen molar-refractivity contribution in [3.05, 3.63) is 29.8 Å². The van der Waals surface area contributed by atoms with Gasteiger partial charge in [-0.05, 0) is 37.6 Å². The third kappa shape index (κ3) is 6.53. The predicted molar refractivity (Wildman–Crippen MR) is 78.0 cm³/mol. The van der Waals surface area contributed by atoms with Crippen LogP contribution in [-0.2, 0) is 4.79 Å². The Morgan fingerprint density at radius 2 is 2.14 bits per heavy atom. The summed E-state index contributed by atoms with van der Waals surface area (Å²) in [6.07, 6.45) is 2.15. The SMILES string of the molecule is CCOc1cc(/C=C/C(=O)NCC(C)O)ccc1OC(F)F. The molecular weight excluding hydrogens is 296 g/mol. The molecule has 0 spiro atoms. The number of hydrogen-bond donors (Lipinski definition) is 2. The molecule has 1 rings (SSSR count). The van der Waals surface area contributed by atoms with Crippen molar-refractivity contribution in [2.24, 2.45) is 0 Å². The number of amides is 1. The summed E-state index contributed by atoms with van der Waals surface area (Å²) in [6.45, 7) is 0.779. The molecule has 22 heavy (non-hydrogen) atoms. The summed E-state index contributed by atoms with van der Waals surface area (Å²) in [7, 11) is 0. The molecule has 0 saturated carbocycles. The first kappa shape index (κ1) is 17.9. The van der Waals surface area contributed by atoms with Crippen molar-refractivity contribution >= 4 is 12.0 Å². The van der Waals surface area contributed by atoms with Crippen molar-refractivity contribution in [2.45, 2.75) is 26.6 Å². The highest BCUT2D eigenvalue weighted by molar-refractivity contribution is 5.91. The molecule has 7 heteroatoms. The summed E-state index contributed by atoms with van der Waals surface area (Å²) in [5, 5.41) is 11.6. The number of carbonyl (C=O) groups excluding carboxylic acids is 1. The monoisotopic (exact) mass is 315 g/mol. The molecule has 1 atom stereocenters. The van der Waals surface area contributed by atoms with Gasteiger partial charge in [-0.2, -0.15) is 8.78 Å². The number of benzene rings is 1. The third-order valence-corrected chi connectivity index (χ3v) is 2.48. The molecule has 122 valence electrons. The molecule has 0 bridgehead atoms. The molecule has 0 fully saturated rings. The summed E-state index contributed by atoms with van der Waals surface area (Å²) in [5.74, 6) is -0.256. The molecular formula is C15H19F2NO4. The standard InChI is InChI=1S/C15H19F2NO4/c1-3-21-13-8-11(4-6-12(13)22-15(16)17)5-7-14(20)18-9-10(2)19/h4-8,10,15,19H,3,9H2,1-2H3,(H,18,20)/b7-5+. The van der Waals surface area contributed by atoms with E-state index >= 15 is 0 Å². The molecule has 0 radical (unpaired) electrons. The van der Waals surface area contributed by atoms with Gasteiger partial charge in [-0.15, -0.1) is 0 Å². The molecule has 2 N–H and O–H groups in total. The average Bonchev–Trinajstić information content (AvgIpc) is 2.45. The highest BCUT2D eigenvalue weighted by Crippen LogP contribution is 2.30. The number of rotatable bonds is 8. The van der Waals surface area contributed by atoms with Crippen LogP contribution in [0.5, 0.6) is 11.5 Å². The molecule has 0 heterocycles. The van der Waals surface area contributed by atoms with Gasteiger partial charge in [-0.1, -0.05) is 6.07 Å². The third-order valence-electron chi connectivity index (χ3n) is 2.48. The van der Waals surface area contributed by atoms with Gasteiger partial charge in [0.05, 0.1) is 12.7 Å². The molecule has 0 aliphatic carbocycles. The van der Waals surface area contributed by atoms with E-state index < -0.39 is 12.7 Å². The number of nitrogens with one attached hydrogen (secondary N) is 1. The first-order chi connectivity index (χ1) is 10.4. The summed E-state index contributed by atoms with van der Waals surface area (Å²) < 4.78 is 34.2. The minimum absolute atomic E-state index is 0.0624. The van der Waals surface area contributed by atoms with Crippen LogP contribution >= 0.6 is 0 Å². The van der Waals surface area contributed by atoms with Crippen LogP contribution in [0, 0.1) is 0 Å². The van der Waals surface area contributed by atoms with Crippen molar-refractivity contribution in [1.82, 2.24) is 5.32 Å². The lowest BCUT2D eigenvalue weighted by atomic mass is 10.2. The predicted octanol–water partition coefficient (Wildman–Crippen LogP) is 2.20. The van der Waals surface area contributed by atoms with Crippen LogP contribution in [0.4, 0.5) is 8.78 Å². The Kier molecular flexibility index (Phi) is 7.31. The van der Waals surface area contributed by atoms with Gasteiger partial charge in [0.2, 0.25) is 5.91 Å². The van der Waals surface area contributed by atoms with Gasteiger partial charge in [-0.25, -0.2) is 0 Å². The fraction of sp³-hybridized carbons (Fsp3) is 0.400. The number of halogens is 2. The van der Waals surface area contributed by atoms with E-state index in [2.05, 4.69) is 10.1 Å². The first-order valence-electron chi connectivity index (χ1n) is 6.78. The molecule has 0 saturated heterocycles. The molecule has 1 aromatic carbocycles. The molecule has 0 aliphatic rings. The van der Waals surface area contributed by atoms with E-state index in [9.17, 15) is 13.6 Å². The molecule has 1 unspecified atom stereocenters. The Morgan fingerprint density at radius 1 is 1.41 bits per heavy atom. The first-order valence-corrected chi connectivity index (χ1v) is 6.78. The van der Waals surface area contributed by atoms with Crippen LogP contribution in [0.1, 0.15) is 19.4 Å². The maximum absolute atomic E-state index is 12.3. The van der Waals surface area contributed by atoms with Crippen LogP contribution in [0.25, 0.3) is 6.08 Å². The van der Waals surface area contributed by atoms with Gasteiger partial charge in [-0.3, -0.25) is 4.79 Å². The second-order valence-corrected chi connectivity index (χ2v) is 4.45. The Labute approximate surface area is 127 Å². The van der Waals surface area contributed by atoms with Crippen molar-refractivity contribution in [3.8, 4) is 11.5 Å². The van der Waals surface area contributed by atoms with Crippen molar-refractivity contribution in [1.29, 1.82) is 0 Å². The Bertz CT molecular complexity index is 518. The number of alkyl halides is 2. The molecule has 1 aromatic rings. The van der Waals surface area contributed by atoms with E-state index in [0.29, 0.717) is 12.2 Å². The van der Waals surface area contributed by atoms with Crippen LogP contribution < -0.4 is 14.8 Å². The maximum atomic E-state index is 12.3. The normalized spacial score (nSPS) is 12.5. The lowest BCUT2D eigenvalue weighted by molar-refractivity contribution is -0.116. The fourth-order valence-corrected chi connectivity index (χ4v) is 1.57. The zero-order chi connectivity index (χ0) is 16.5. The van der Waals surface area contributed by atoms with E-state index in [-0.39, 0.29) is 24.0 Å². The molecule has 0 aromatic heterocycles. The molecule has 0 aliphatic heterocycles. The zero-order valence-electron chi connectivity index (χ0n) is 12.4. The van der Waals surface area contributed by atoms with Crippen LogP contribution in [0.3, 0.4) is 0 Å². The maximum Gasteiger partial charge on any atom is 0.387 e. The smallest absolute Gasteiger partial charge is 0.387 e. The fourth-order valence-electron chi connectivity index (χ4n) is 1.57. The quantitative estimate of drug-likeness (QED) is 0.722. The van der Waals surface area contributed by atoms with Crippen molar-refractivity contribution in [3.63, 3.8) is 0 Å². The van der Waals surface area contributed by atoms with E-state index in [1.165, 1.54) is 30.4 Å². The Balaban J connectivity index is 2.78. The van der Waals surface area contributed by atoms with E-state index in [1.807, 2.05) is 0 Å². The summed E-state index contributed by atoms with van der Waals surface area (Å²) in [5.41, 5.74) is 0.595. The van der Waals surface area contributed by atoms with Gasteiger partial charge >= 0.3 is 6.61 Å². The van der Waals surface area contributed by atoms with E-state index in [0.717, 1.165) is 0 Å². The minimum Gasteiger partial charge on any atom is -0.490 e. The van der Waals surface area contributed by atoms with E-state index in [1.54, 1.807) is 13.8 Å². The zero-order valence-corrected chi connectivity index (χ0v) is 12.4. The average molecular weight is 315 g/mol. The lowest BCUT2D eigenvalue weighted by Gasteiger charge is -2.11. The Morgan fingerprint density at radius 3 is 2.73 bits per heavy atom. The largest absolute Gasteiger partial charge is 0.490 e. The molecule has 1 amide bonds. The number of carbonyl (C=O) groups is 1. The van der Waals surface area contributed by atoms with Gasteiger partial charge in [0.1, 0.15) is 0 Å². The second-order valence-electron chi connectivity index (χ2n) is 4.45. The molecule has 5 nitrogen and oxygen atoms in total. The highest BCUT2D eigenvalue weighted by atomic mass is 19.3. The van der Waals surface area contributed by atoms with Gasteiger partial charge in [0, 0.05) is 12.6 Å². The van der Waals surface area contributed by atoms with Gasteiger partial charge < -0.3 is 19.9 Å². The minimum atomic E-state index is -2.94. The van der Waals surface area contributed by atoms with Gasteiger partial charge in [0.25, 0.3) is 0 Å². The van der Waals surface area contributed by atoms with Crippen LogP contribution in [0.15, 0.2) is 24.3 Å². The number of aliphatic hydroxyl groups excluding tert-OH is 1. The summed E-state index contributed by atoms with van der Waals surface area (Å²) in [6, 6.07) is 4.38. The Hall–Kier alpha value is -2.15. The van der Waals surface area contributed by atoms with Crippen LogP contribution in [-0.4, -0.2) is 36.9 Å². The lowest BCUT2D eigenvalue weighted by Crippen LogP contribution is -2.28. The van der Waals surface area contributed by atoms with Crippen molar-refractivity contribution in [2.75, 3.05) is 13.2 Å². The van der Waals surface area contributed by atoms with E-state index in [4.69, 9.17) is 9.84 Å².